The molecule has 4 N–H and O–H groups in total. The van der Waals surface area contributed by atoms with E-state index in [-0.39, 0.29) is 53.4 Å². The van der Waals surface area contributed by atoms with Crippen LogP contribution in [0.3, 0.4) is 0 Å². The van der Waals surface area contributed by atoms with E-state index in [1.807, 2.05) is 83.8 Å². The van der Waals surface area contributed by atoms with Gasteiger partial charge in [0.25, 0.3) is 0 Å². The number of unbranched alkanes of at least 4 members (excludes halogenated alkanes) is 3. The van der Waals surface area contributed by atoms with E-state index < -0.39 is 29.5 Å². The fraction of sp³-hybridized carbons (Fsp3) is 0.132. The maximum atomic E-state index is 12.5. The first-order valence-electron chi connectivity index (χ1n) is 21.8. The smallest absolute Gasteiger partial charge is 0.753 e. The Hall–Kier alpha value is -7.82. The van der Waals surface area contributed by atoms with Crippen LogP contribution in [0.5, 0.6) is 0 Å². The minimum atomic E-state index is -4.76. The van der Waals surface area contributed by atoms with Crippen LogP contribution >= 0.6 is 23.6 Å². The number of thiocarbonyl (C=S) groups is 1. The van der Waals surface area contributed by atoms with Crippen molar-refractivity contribution in [1.29, 1.82) is 5.41 Å². The van der Waals surface area contributed by atoms with Gasteiger partial charge in [-0.25, -0.2) is 14.6 Å². The van der Waals surface area contributed by atoms with Gasteiger partial charge in [0.2, 0.25) is 5.88 Å². The van der Waals surface area contributed by atoms with E-state index in [4.69, 9.17) is 21.0 Å². The number of hydrogen-bond donors (Lipinski definition) is 3. The monoisotopic (exact) mass is 1090 g/mol. The Kier molecular flexibility index (Phi) is 20.2. The molecule has 366 valence electrons. The number of rotatable bonds is 16. The first kappa shape index (κ1) is 55.1. The molecule has 13 nitrogen and oxygen atoms in total. The van der Waals surface area contributed by atoms with Crippen molar-refractivity contribution >= 4 is 69.3 Å². The Morgan fingerprint density at radius 1 is 0.764 bits per heavy atom. The third kappa shape index (κ3) is 15.1. The Bertz CT molecular complexity index is 3140. The van der Waals surface area contributed by atoms with Crippen LogP contribution in [-0.2, 0) is 25.9 Å². The van der Waals surface area contributed by atoms with Gasteiger partial charge >= 0.3 is 37.6 Å². The van der Waals surface area contributed by atoms with Crippen molar-refractivity contribution in [3.63, 3.8) is 0 Å². The molecule has 0 atom stereocenters. The van der Waals surface area contributed by atoms with Crippen molar-refractivity contribution in [2.24, 2.45) is 0 Å². The zero-order valence-corrected chi connectivity index (χ0v) is 41.5. The number of nitrogens with one attached hydrogen (secondary N) is 2. The summed E-state index contributed by atoms with van der Waals surface area (Å²) in [6, 6.07) is 40.0. The van der Waals surface area contributed by atoms with Gasteiger partial charge in [0.1, 0.15) is 11.5 Å². The van der Waals surface area contributed by atoms with Crippen molar-refractivity contribution in [2.75, 3.05) is 4.90 Å². The molecule has 8 aromatic rings. The molecule has 0 spiro atoms. The number of carboxylic acids is 2. The zero-order valence-electron chi connectivity index (χ0n) is 38.2. The van der Waals surface area contributed by atoms with E-state index >= 15 is 0 Å². The third-order valence-electron chi connectivity index (χ3n) is 10.3. The Balaban J connectivity index is 0.000000276. The third-order valence-corrected chi connectivity index (χ3v) is 11.5. The molecule has 0 aliphatic rings. The van der Waals surface area contributed by atoms with Crippen LogP contribution in [0.4, 0.5) is 30.4 Å². The number of para-hydroxylation sites is 2. The number of carbonyl (C=O) groups is 2. The topological polar surface area (TPSA) is 212 Å². The summed E-state index contributed by atoms with van der Waals surface area (Å²) < 4.78 is 43.7. The number of hydrogen-bond acceptors (Lipinski definition) is 11. The van der Waals surface area contributed by atoms with E-state index in [9.17, 15) is 33.0 Å². The summed E-state index contributed by atoms with van der Waals surface area (Å²) in [5.41, 5.74) is 10.4. The second-order valence-electron chi connectivity index (χ2n) is 15.3. The molecule has 0 radical (unpaired) electrons. The molecule has 0 fully saturated rings. The van der Waals surface area contributed by atoms with Gasteiger partial charge in [-0.15, -0.1) is 17.0 Å². The van der Waals surface area contributed by atoms with Gasteiger partial charge in [0.15, 0.2) is 0 Å². The summed E-state index contributed by atoms with van der Waals surface area (Å²) in [7, 11) is 0. The fourth-order valence-electron chi connectivity index (χ4n) is 6.93. The van der Waals surface area contributed by atoms with E-state index in [0.29, 0.717) is 29.0 Å². The molecule has 0 unspecified atom stereocenters. The van der Waals surface area contributed by atoms with Gasteiger partial charge in [0, 0.05) is 57.0 Å². The van der Waals surface area contributed by atoms with E-state index in [0.717, 1.165) is 34.7 Å². The average Bonchev–Trinajstić information content (AvgIpc) is 4.07. The summed E-state index contributed by atoms with van der Waals surface area (Å²) in [6.07, 6.45) is 5.95. The molecule has 6 aromatic heterocycles. The number of nitrogens with zero attached hydrogens (tertiary/aromatic N) is 6. The number of pyridine rings is 4. The summed E-state index contributed by atoms with van der Waals surface area (Å²) in [4.78, 5) is 44.9. The zero-order chi connectivity index (χ0) is 50.9. The molecule has 72 heavy (non-hydrogen) atoms. The van der Waals surface area contributed by atoms with Crippen LogP contribution in [0, 0.1) is 5.41 Å². The second-order valence-corrected chi connectivity index (χ2v) is 16.7. The van der Waals surface area contributed by atoms with E-state index in [2.05, 4.69) is 45.1 Å². The Morgan fingerprint density at radius 2 is 1.33 bits per heavy atom. The Labute approximate surface area is 434 Å². The molecule has 2 aromatic carbocycles. The number of carboxylic acid groups (broad SMARTS) is 2. The normalized spacial score (nSPS) is 10.9. The number of aryl methyl sites for hydroxylation is 1. The first-order valence-corrected chi connectivity index (χ1v) is 23.0. The summed E-state index contributed by atoms with van der Waals surface area (Å²) in [6.45, 7) is 2.18. The number of allylic oxidation sites excluding steroid dienone is 1. The van der Waals surface area contributed by atoms with Gasteiger partial charge < -0.3 is 25.8 Å². The summed E-state index contributed by atoms with van der Waals surface area (Å²) in [5.74, 6) is -1.10. The van der Waals surface area contributed by atoms with Crippen LogP contribution in [0.1, 0.15) is 63.9 Å². The standard InChI is InChI=1S/C33H22N4O5.C19H21F3N3S.CNS.Ru/c38-32(39)22-14-16-35-27(18-22)29-20-23(33(40)41)19-28(36-29)26-17-21(13-15-34-26)30-11-12-31(42-30)37(24-7-3-1-4-8-24)25-9-5-2-6-10-25;1-2-3-4-5-6-14-7-8-17(26-14)13-9-10-25-16(11-13)15(23)12-18(24)19(20,21)22;2-1-3;/h1-20H,(H,38,39)(H,40,41);7-12,23-24H,2-6H2,1H3;;/q;2*-1;+2/b;15-12-,24-18?;;. The number of isothiocyanates is 1. The number of aromatic nitrogens is 4. The van der Waals surface area contributed by atoms with Crippen molar-refractivity contribution in [2.45, 2.75) is 45.2 Å². The molecule has 19 heteroatoms. The molecule has 0 saturated carbocycles. The van der Waals surface area contributed by atoms with Crippen LogP contribution < -0.4 is 4.90 Å². The predicted octanol–water partition coefficient (Wildman–Crippen LogP) is 14.9. The number of furan rings is 1. The largest absolute Gasteiger partial charge is 2.00 e. The maximum Gasteiger partial charge on any atom is 2.00 e. The van der Waals surface area contributed by atoms with Crippen LogP contribution in [0.25, 0.3) is 61.4 Å². The van der Waals surface area contributed by atoms with Gasteiger partial charge in [-0.2, -0.15) is 18.3 Å². The average molecular weight is 1090 g/mol. The molecular formula is C53H43F3N8O5RuS2. The maximum absolute atomic E-state index is 12.5. The molecule has 0 saturated heterocycles. The van der Waals surface area contributed by atoms with Crippen LogP contribution in [0.2, 0.25) is 0 Å². The van der Waals surface area contributed by atoms with E-state index in [1.165, 1.54) is 66.0 Å². The van der Waals surface area contributed by atoms with Gasteiger partial charge in [-0.3, -0.25) is 25.3 Å². The van der Waals surface area contributed by atoms with Gasteiger partial charge in [-0.05, 0) is 115 Å². The fourth-order valence-corrected chi connectivity index (χ4v) is 7.98. The number of halogens is 3. The Morgan fingerprint density at radius 3 is 1.93 bits per heavy atom. The SMILES string of the molecule is CCCCCCc1ccc(-c2ccnc(/C([NH-])=C/C(=N)C(F)(F)F)c2)s1.O=C(O)c1ccnc(-c2cc(C(=O)O)cc(-c3cc(-c4ccc(N(c5ccccc5)c5ccccc5)o4)ccn3)n2)c1.[N-]=C=S.[Ru+2]. The number of thiophene rings is 1. The molecule has 0 aliphatic heterocycles. The number of benzene rings is 2. The number of aromatic carboxylic acids is 2. The molecular weight excluding hydrogens is 1050 g/mol. The van der Waals surface area contributed by atoms with Gasteiger partial charge in [-0.1, -0.05) is 74.8 Å². The first-order chi connectivity index (χ1) is 34.2. The van der Waals surface area contributed by atoms with Crippen molar-refractivity contribution in [1.82, 2.24) is 19.9 Å². The van der Waals surface area contributed by atoms with Crippen molar-refractivity contribution < 1.29 is 56.9 Å². The summed E-state index contributed by atoms with van der Waals surface area (Å²) >= 11 is 5.35. The van der Waals surface area contributed by atoms with E-state index in [1.54, 1.807) is 41.8 Å². The predicted molar refractivity (Wildman–Crippen MR) is 274 cm³/mol. The molecule has 6 heterocycles. The number of anilines is 3. The molecule has 0 amide bonds. The quantitative estimate of drug-likeness (QED) is 0.0358. The summed E-state index contributed by atoms with van der Waals surface area (Å²) in [5, 5.41) is 34.6. The van der Waals surface area contributed by atoms with Gasteiger partial charge in [0.05, 0.1) is 33.9 Å². The molecule has 0 aliphatic carbocycles. The minimum absolute atomic E-state index is 0. The number of alkyl halides is 3. The van der Waals surface area contributed by atoms with Crippen LogP contribution in [0.15, 0.2) is 163 Å². The van der Waals surface area contributed by atoms with Crippen molar-refractivity contribution in [3.05, 3.63) is 191 Å². The molecule has 0 bridgehead atoms. The van der Waals surface area contributed by atoms with Crippen molar-refractivity contribution in [3.8, 4) is 44.5 Å². The second kappa shape index (κ2) is 26.4. The minimum Gasteiger partial charge on any atom is -0.753 e. The van der Waals surface area contributed by atoms with Crippen LogP contribution in [-0.4, -0.2) is 59.1 Å². The molecule has 8 rings (SSSR count).